The van der Waals surface area contributed by atoms with E-state index in [-0.39, 0.29) is 18.3 Å². The van der Waals surface area contributed by atoms with Crippen LogP contribution in [0.5, 0.6) is 5.75 Å². The van der Waals surface area contributed by atoms with Crippen molar-refractivity contribution in [2.45, 2.75) is 31.7 Å². The summed E-state index contributed by atoms with van der Waals surface area (Å²) in [5, 5.41) is 3.58. The van der Waals surface area contributed by atoms with Gasteiger partial charge >= 0.3 is 0 Å². The molecule has 146 valence electrons. The van der Waals surface area contributed by atoms with Crippen LogP contribution in [-0.4, -0.2) is 29.5 Å². The van der Waals surface area contributed by atoms with Crippen molar-refractivity contribution < 1.29 is 14.3 Å². The van der Waals surface area contributed by atoms with Gasteiger partial charge < -0.3 is 10.1 Å². The van der Waals surface area contributed by atoms with Gasteiger partial charge in [-0.3, -0.25) is 20.4 Å². The maximum atomic E-state index is 12.4. The second-order valence-corrected chi connectivity index (χ2v) is 7.04. The number of amides is 1. The van der Waals surface area contributed by atoms with E-state index in [1.165, 1.54) is 12.8 Å². The molecule has 1 saturated carbocycles. The summed E-state index contributed by atoms with van der Waals surface area (Å²) in [4.78, 5) is 24.2. The Morgan fingerprint density at radius 3 is 2.25 bits per heavy atom. The molecule has 0 aromatic heterocycles. The van der Waals surface area contributed by atoms with E-state index < -0.39 is 0 Å². The highest BCUT2D eigenvalue weighted by Gasteiger charge is 2.15. The summed E-state index contributed by atoms with van der Waals surface area (Å²) in [7, 11) is 0. The molecule has 7 heteroatoms. The zero-order chi connectivity index (χ0) is 19.8. The second-order valence-electron chi connectivity index (χ2n) is 6.64. The second kappa shape index (κ2) is 9.85. The van der Waals surface area contributed by atoms with Crippen LogP contribution in [0.3, 0.4) is 0 Å². The van der Waals surface area contributed by atoms with Gasteiger partial charge in [0, 0.05) is 17.2 Å². The van der Waals surface area contributed by atoms with Gasteiger partial charge in [-0.05, 0) is 49.3 Å². The van der Waals surface area contributed by atoms with Crippen molar-refractivity contribution in [1.29, 1.82) is 0 Å². The van der Waals surface area contributed by atoms with Gasteiger partial charge in [0.1, 0.15) is 5.75 Å². The maximum absolute atomic E-state index is 12.4. The molecule has 0 heterocycles. The van der Waals surface area contributed by atoms with E-state index in [1.54, 1.807) is 36.4 Å². The SMILES string of the molecule is O=C(COc1ccc(C(=O)c2ccccc2)cc1)NNC(=S)NC1CCCC1. The first-order chi connectivity index (χ1) is 13.6. The number of carbonyl (C=O) groups excluding carboxylic acids is 2. The van der Waals surface area contributed by atoms with Gasteiger partial charge in [0.2, 0.25) is 0 Å². The average Bonchev–Trinajstić information content (AvgIpc) is 3.24. The van der Waals surface area contributed by atoms with Gasteiger partial charge in [-0.25, -0.2) is 0 Å². The van der Waals surface area contributed by atoms with Crippen LogP contribution < -0.4 is 20.9 Å². The molecule has 2 aromatic rings. The number of hydrazine groups is 1. The zero-order valence-electron chi connectivity index (χ0n) is 15.4. The number of hydrogen-bond donors (Lipinski definition) is 3. The molecule has 3 rings (SSSR count). The molecule has 1 fully saturated rings. The molecule has 0 atom stereocenters. The largest absolute Gasteiger partial charge is 0.484 e. The molecule has 0 bridgehead atoms. The minimum atomic E-state index is -0.347. The first-order valence-corrected chi connectivity index (χ1v) is 9.70. The Bertz CT molecular complexity index is 819. The molecule has 0 unspecified atom stereocenters. The molecular weight excluding hydrogens is 374 g/mol. The lowest BCUT2D eigenvalue weighted by atomic mass is 10.0. The predicted octanol–water partition coefficient (Wildman–Crippen LogP) is 2.73. The summed E-state index contributed by atoms with van der Waals surface area (Å²) in [6.07, 6.45) is 4.61. The first-order valence-electron chi connectivity index (χ1n) is 9.30. The van der Waals surface area contributed by atoms with Crippen LogP contribution in [0, 0.1) is 0 Å². The monoisotopic (exact) mass is 397 g/mol. The van der Waals surface area contributed by atoms with Crippen LogP contribution in [0.4, 0.5) is 0 Å². The smallest absolute Gasteiger partial charge is 0.276 e. The molecule has 1 aliphatic rings. The number of benzene rings is 2. The normalized spacial score (nSPS) is 13.6. The quantitative estimate of drug-likeness (QED) is 0.395. The summed E-state index contributed by atoms with van der Waals surface area (Å²) in [6, 6.07) is 16.1. The highest BCUT2D eigenvalue weighted by molar-refractivity contribution is 7.80. The zero-order valence-corrected chi connectivity index (χ0v) is 16.3. The maximum Gasteiger partial charge on any atom is 0.276 e. The third-order valence-electron chi connectivity index (χ3n) is 4.53. The summed E-state index contributed by atoms with van der Waals surface area (Å²) in [6.45, 7) is -0.162. The lowest BCUT2D eigenvalue weighted by Gasteiger charge is -2.16. The van der Waals surface area contributed by atoms with Gasteiger partial charge in [0.25, 0.3) is 5.91 Å². The van der Waals surface area contributed by atoms with Gasteiger partial charge in [-0.15, -0.1) is 0 Å². The highest BCUT2D eigenvalue weighted by atomic mass is 32.1. The lowest BCUT2D eigenvalue weighted by Crippen LogP contribution is -2.50. The molecule has 0 radical (unpaired) electrons. The number of rotatable bonds is 6. The molecule has 1 aliphatic carbocycles. The van der Waals surface area contributed by atoms with Gasteiger partial charge in [-0.1, -0.05) is 43.2 Å². The molecule has 3 N–H and O–H groups in total. The predicted molar refractivity (Wildman–Crippen MR) is 111 cm³/mol. The fraction of sp³-hybridized carbons (Fsp3) is 0.286. The highest BCUT2D eigenvalue weighted by Crippen LogP contribution is 2.17. The van der Waals surface area contributed by atoms with Crippen molar-refractivity contribution in [3.63, 3.8) is 0 Å². The van der Waals surface area contributed by atoms with Gasteiger partial charge in [0.15, 0.2) is 17.5 Å². The standard InChI is InChI=1S/C21H23N3O3S/c25-19(23-24-21(28)22-17-8-4-5-9-17)14-27-18-12-10-16(11-13-18)20(26)15-6-2-1-3-7-15/h1-3,6-7,10-13,17H,4-5,8-9,14H2,(H,23,25)(H2,22,24,28). The van der Waals surface area contributed by atoms with Crippen LogP contribution in [0.15, 0.2) is 54.6 Å². The third kappa shape index (κ3) is 5.79. The molecular formula is C21H23N3O3S. The van der Waals surface area contributed by atoms with Crippen LogP contribution in [0.25, 0.3) is 0 Å². The van der Waals surface area contributed by atoms with Crippen LogP contribution in [0.2, 0.25) is 0 Å². The third-order valence-corrected chi connectivity index (χ3v) is 4.75. The summed E-state index contributed by atoms with van der Waals surface area (Å²) < 4.78 is 5.45. The van der Waals surface area contributed by atoms with E-state index in [1.807, 2.05) is 18.2 Å². The Labute approximate surface area is 169 Å². The number of thiocarbonyl (C=S) groups is 1. The number of ether oxygens (including phenoxy) is 1. The summed E-state index contributed by atoms with van der Waals surface area (Å²) >= 11 is 5.16. The fourth-order valence-corrected chi connectivity index (χ4v) is 3.28. The van der Waals surface area contributed by atoms with Crippen molar-refractivity contribution in [2.24, 2.45) is 0 Å². The van der Waals surface area contributed by atoms with Gasteiger partial charge in [0.05, 0.1) is 0 Å². The number of carbonyl (C=O) groups is 2. The molecule has 2 aromatic carbocycles. The molecule has 28 heavy (non-hydrogen) atoms. The van der Waals surface area contributed by atoms with E-state index >= 15 is 0 Å². The number of nitrogens with one attached hydrogen (secondary N) is 3. The van der Waals surface area contributed by atoms with Crippen molar-refractivity contribution in [3.05, 3.63) is 65.7 Å². The molecule has 6 nitrogen and oxygen atoms in total. The van der Waals surface area contributed by atoms with Crippen molar-refractivity contribution in [2.75, 3.05) is 6.61 Å². The van der Waals surface area contributed by atoms with Gasteiger partial charge in [-0.2, -0.15) is 0 Å². The Balaban J connectivity index is 1.41. The summed E-state index contributed by atoms with van der Waals surface area (Å²) in [5.41, 5.74) is 6.38. The Hall–Kier alpha value is -2.93. The van der Waals surface area contributed by atoms with Crippen molar-refractivity contribution in [3.8, 4) is 5.75 Å². The van der Waals surface area contributed by atoms with Crippen LogP contribution in [0.1, 0.15) is 41.6 Å². The summed E-state index contributed by atoms with van der Waals surface area (Å²) in [5.74, 6) is 0.101. The molecule has 0 saturated heterocycles. The van der Waals surface area contributed by atoms with E-state index in [4.69, 9.17) is 17.0 Å². The molecule has 0 spiro atoms. The van der Waals surface area contributed by atoms with E-state index in [0.717, 1.165) is 12.8 Å². The lowest BCUT2D eigenvalue weighted by molar-refractivity contribution is -0.123. The Kier molecular flexibility index (Phi) is 6.97. The van der Waals surface area contributed by atoms with E-state index in [9.17, 15) is 9.59 Å². The van der Waals surface area contributed by atoms with E-state index in [2.05, 4.69) is 16.2 Å². The van der Waals surface area contributed by atoms with Crippen molar-refractivity contribution in [1.82, 2.24) is 16.2 Å². The topological polar surface area (TPSA) is 79.5 Å². The molecule has 1 amide bonds. The van der Waals surface area contributed by atoms with Crippen LogP contribution >= 0.6 is 12.2 Å². The van der Waals surface area contributed by atoms with E-state index in [0.29, 0.717) is 28.0 Å². The first kappa shape index (κ1) is 19.8. The minimum Gasteiger partial charge on any atom is -0.484 e. The fourth-order valence-electron chi connectivity index (χ4n) is 3.06. The number of ketones is 1. The average molecular weight is 398 g/mol. The Morgan fingerprint density at radius 2 is 1.57 bits per heavy atom. The Morgan fingerprint density at radius 1 is 0.929 bits per heavy atom. The van der Waals surface area contributed by atoms with Crippen molar-refractivity contribution >= 4 is 29.0 Å². The number of hydrogen-bond acceptors (Lipinski definition) is 4. The molecule has 0 aliphatic heterocycles. The minimum absolute atomic E-state index is 0.0580. The van der Waals surface area contributed by atoms with Crippen LogP contribution in [-0.2, 0) is 4.79 Å².